The van der Waals surface area contributed by atoms with Gasteiger partial charge in [0, 0.05) is 9.86 Å². The molecule has 1 aliphatic rings. The standard InChI is InChI=1S/C24H22BrN3O4/c1-5-10-28-17-8-7-15(25)12-16(17)21(23(28)30)26-27-22(29)20-13-31-18-9-6-14(24(2,3)4)11-19(18)32-20/h1,6-9,11-12,20,30H,10,13H2,2-4H3/t20-/m0/s1. The van der Waals surface area contributed by atoms with Crippen molar-refractivity contribution in [1.29, 1.82) is 0 Å². The van der Waals surface area contributed by atoms with E-state index in [4.69, 9.17) is 15.9 Å². The normalized spacial score (nSPS) is 15.8. The van der Waals surface area contributed by atoms with Gasteiger partial charge >= 0.3 is 5.91 Å². The monoisotopic (exact) mass is 495 g/mol. The number of nitrogens with zero attached hydrogens (tertiary/aromatic N) is 3. The van der Waals surface area contributed by atoms with Gasteiger partial charge in [0.05, 0.1) is 12.1 Å². The molecule has 164 valence electrons. The lowest BCUT2D eigenvalue weighted by Crippen LogP contribution is -2.35. The highest BCUT2D eigenvalue weighted by Gasteiger charge is 2.29. The van der Waals surface area contributed by atoms with E-state index < -0.39 is 12.0 Å². The van der Waals surface area contributed by atoms with Crippen LogP contribution in [-0.2, 0) is 16.8 Å². The highest BCUT2D eigenvalue weighted by molar-refractivity contribution is 9.10. The summed E-state index contributed by atoms with van der Waals surface area (Å²) in [7, 11) is 0. The molecule has 1 aromatic heterocycles. The van der Waals surface area contributed by atoms with Gasteiger partial charge in [0.2, 0.25) is 12.0 Å². The van der Waals surface area contributed by atoms with Crippen LogP contribution in [0.5, 0.6) is 17.4 Å². The molecular formula is C24H22BrN3O4. The van der Waals surface area contributed by atoms with Crippen molar-refractivity contribution in [3.8, 4) is 29.7 Å². The van der Waals surface area contributed by atoms with Crippen LogP contribution in [0.2, 0.25) is 0 Å². The summed E-state index contributed by atoms with van der Waals surface area (Å²) < 4.78 is 13.9. The number of hydrogen-bond acceptors (Lipinski definition) is 5. The third kappa shape index (κ3) is 4.08. The van der Waals surface area contributed by atoms with Crippen LogP contribution < -0.4 is 9.47 Å². The molecule has 0 bridgehead atoms. The predicted molar refractivity (Wildman–Crippen MR) is 125 cm³/mol. The molecule has 1 N–H and O–H groups in total. The number of ether oxygens (including phenoxy) is 2. The molecule has 1 amide bonds. The van der Waals surface area contributed by atoms with E-state index in [0.29, 0.717) is 22.4 Å². The second-order valence-corrected chi connectivity index (χ2v) is 9.41. The van der Waals surface area contributed by atoms with E-state index in [2.05, 4.69) is 52.9 Å². The van der Waals surface area contributed by atoms with E-state index in [1.54, 1.807) is 12.1 Å². The number of carbonyl (C=O) groups excluding carboxylic acids is 1. The quantitative estimate of drug-likeness (QED) is 0.384. The molecule has 32 heavy (non-hydrogen) atoms. The van der Waals surface area contributed by atoms with Crippen LogP contribution in [0.3, 0.4) is 0 Å². The van der Waals surface area contributed by atoms with E-state index in [1.807, 2.05) is 24.3 Å². The summed E-state index contributed by atoms with van der Waals surface area (Å²) in [6, 6.07) is 11.1. The average Bonchev–Trinajstić information content (AvgIpc) is 3.01. The predicted octanol–water partition coefficient (Wildman–Crippen LogP) is 5.49. The van der Waals surface area contributed by atoms with E-state index in [9.17, 15) is 9.90 Å². The van der Waals surface area contributed by atoms with E-state index in [-0.39, 0.29) is 30.1 Å². The molecule has 0 radical (unpaired) electrons. The first-order valence-electron chi connectivity index (χ1n) is 10.0. The van der Waals surface area contributed by atoms with Crippen molar-refractivity contribution in [3.63, 3.8) is 0 Å². The molecule has 0 fully saturated rings. The minimum atomic E-state index is -0.936. The average molecular weight is 496 g/mol. The fraction of sp³-hybridized carbons (Fsp3) is 0.292. The topological polar surface area (TPSA) is 85.4 Å². The zero-order valence-electron chi connectivity index (χ0n) is 17.9. The second kappa shape index (κ2) is 8.32. The van der Waals surface area contributed by atoms with Crippen molar-refractivity contribution in [2.24, 2.45) is 10.2 Å². The van der Waals surface area contributed by atoms with E-state index >= 15 is 0 Å². The number of terminal acetylenes is 1. The largest absolute Gasteiger partial charge is 0.493 e. The van der Waals surface area contributed by atoms with Gasteiger partial charge < -0.3 is 14.6 Å². The van der Waals surface area contributed by atoms with Crippen LogP contribution >= 0.6 is 15.9 Å². The van der Waals surface area contributed by atoms with Crippen LogP contribution in [0.4, 0.5) is 5.69 Å². The molecule has 8 heteroatoms. The zero-order chi connectivity index (χ0) is 23.0. The molecule has 1 aliphatic heterocycles. The molecule has 0 spiro atoms. The summed E-state index contributed by atoms with van der Waals surface area (Å²) >= 11 is 3.41. The van der Waals surface area contributed by atoms with Crippen LogP contribution in [0.1, 0.15) is 26.3 Å². The number of aromatic hydroxyl groups is 1. The molecule has 0 unspecified atom stereocenters. The number of halogens is 1. The maximum atomic E-state index is 12.7. The van der Waals surface area contributed by atoms with Gasteiger partial charge in [0.25, 0.3) is 0 Å². The third-order valence-corrected chi connectivity index (χ3v) is 5.71. The number of fused-ring (bicyclic) bond motifs is 2. The van der Waals surface area contributed by atoms with Gasteiger partial charge in [-0.2, -0.15) is 0 Å². The van der Waals surface area contributed by atoms with Crippen molar-refractivity contribution in [1.82, 2.24) is 4.57 Å². The molecule has 1 atom stereocenters. The number of hydrogen-bond donors (Lipinski definition) is 1. The summed E-state index contributed by atoms with van der Waals surface area (Å²) in [6.07, 6.45) is 4.49. The lowest BCUT2D eigenvalue weighted by atomic mass is 9.87. The number of carbonyl (C=O) groups is 1. The molecule has 0 saturated heterocycles. The Morgan fingerprint density at radius 1 is 1.28 bits per heavy atom. The second-order valence-electron chi connectivity index (χ2n) is 8.49. The SMILES string of the molecule is C#CCn1c(O)c(N=NC(=O)[C@@H]2COc3ccc(C(C)(C)C)cc3O2)c2cc(Br)ccc21. The van der Waals surface area contributed by atoms with Gasteiger partial charge in [-0.25, -0.2) is 0 Å². The van der Waals surface area contributed by atoms with Crippen molar-refractivity contribution < 1.29 is 19.4 Å². The number of rotatable bonds is 3. The molecule has 3 aromatic rings. The summed E-state index contributed by atoms with van der Waals surface area (Å²) in [4.78, 5) is 12.7. The molecule has 7 nitrogen and oxygen atoms in total. The Bertz CT molecular complexity index is 1280. The lowest BCUT2D eigenvalue weighted by molar-refractivity contribution is -0.127. The van der Waals surface area contributed by atoms with Crippen LogP contribution in [0, 0.1) is 12.3 Å². The molecule has 2 aromatic carbocycles. The highest BCUT2D eigenvalue weighted by atomic mass is 79.9. The zero-order valence-corrected chi connectivity index (χ0v) is 19.5. The summed E-state index contributed by atoms with van der Waals surface area (Å²) in [5.41, 5.74) is 1.84. The summed E-state index contributed by atoms with van der Waals surface area (Å²) in [5, 5.41) is 19.1. The maximum absolute atomic E-state index is 12.7. The fourth-order valence-corrected chi connectivity index (χ4v) is 3.83. The van der Waals surface area contributed by atoms with Crippen molar-refractivity contribution in [3.05, 3.63) is 46.4 Å². The Labute approximate surface area is 194 Å². The first-order chi connectivity index (χ1) is 15.2. The molecule has 0 aliphatic carbocycles. The first-order valence-corrected chi connectivity index (χ1v) is 10.8. The van der Waals surface area contributed by atoms with Crippen molar-refractivity contribution in [2.45, 2.75) is 38.8 Å². The van der Waals surface area contributed by atoms with Crippen LogP contribution in [0.15, 0.2) is 51.1 Å². The molecule has 2 heterocycles. The van der Waals surface area contributed by atoms with Gasteiger partial charge in [0.15, 0.2) is 17.2 Å². The van der Waals surface area contributed by atoms with Crippen LogP contribution in [0.25, 0.3) is 10.9 Å². The lowest BCUT2D eigenvalue weighted by Gasteiger charge is -2.27. The number of aromatic nitrogens is 1. The number of amides is 1. The van der Waals surface area contributed by atoms with Gasteiger partial charge in [-0.3, -0.25) is 9.36 Å². The van der Waals surface area contributed by atoms with Gasteiger partial charge in [-0.05, 0) is 41.3 Å². The van der Waals surface area contributed by atoms with Gasteiger partial charge in [-0.15, -0.1) is 16.7 Å². The third-order valence-electron chi connectivity index (χ3n) is 5.21. The minimum Gasteiger partial charge on any atom is -0.493 e. The smallest absolute Gasteiger partial charge is 0.308 e. The Morgan fingerprint density at radius 3 is 2.78 bits per heavy atom. The number of benzene rings is 2. The fourth-order valence-electron chi connectivity index (χ4n) is 3.47. The Kier molecular flexibility index (Phi) is 5.70. The van der Waals surface area contributed by atoms with Crippen LogP contribution in [-0.4, -0.2) is 28.3 Å². The highest BCUT2D eigenvalue weighted by Crippen LogP contribution is 2.40. The molecule has 0 saturated carbocycles. The Hall–Kier alpha value is -3.31. The molecule has 4 rings (SSSR count). The Balaban J connectivity index is 1.61. The van der Waals surface area contributed by atoms with E-state index in [0.717, 1.165) is 10.0 Å². The van der Waals surface area contributed by atoms with Crippen molar-refractivity contribution >= 4 is 38.4 Å². The van der Waals surface area contributed by atoms with Gasteiger partial charge in [-0.1, -0.05) is 48.7 Å². The number of azo groups is 1. The minimum absolute atomic E-state index is 0.0239. The summed E-state index contributed by atoms with van der Waals surface area (Å²) in [6.45, 7) is 6.46. The van der Waals surface area contributed by atoms with Gasteiger partial charge in [0.1, 0.15) is 6.61 Å². The van der Waals surface area contributed by atoms with E-state index in [1.165, 1.54) is 4.57 Å². The maximum Gasteiger partial charge on any atom is 0.308 e. The van der Waals surface area contributed by atoms with Crippen molar-refractivity contribution in [2.75, 3.05) is 6.61 Å². The Morgan fingerprint density at radius 2 is 2.06 bits per heavy atom. The summed E-state index contributed by atoms with van der Waals surface area (Å²) in [5.74, 6) is 2.81. The molecular weight excluding hydrogens is 474 g/mol. The first kappa shape index (κ1) is 21.9.